The number of alkyl halides is 1. The van der Waals surface area contributed by atoms with E-state index in [0.29, 0.717) is 12.9 Å². The Kier molecular flexibility index (Phi) is 4.46. The Morgan fingerprint density at radius 3 is 1.69 bits per heavy atom. The van der Waals surface area contributed by atoms with Crippen LogP contribution in [0.15, 0.2) is 24.3 Å². The van der Waals surface area contributed by atoms with Crippen LogP contribution in [0.5, 0.6) is 5.75 Å². The molecule has 0 aliphatic carbocycles. The molecule has 0 heterocycles. The fourth-order valence-corrected chi connectivity index (χ4v) is 0.961. The Labute approximate surface area is 79.2 Å². The second-order valence-electron chi connectivity index (χ2n) is 3.80. The molecule has 0 amide bonds. The summed E-state index contributed by atoms with van der Waals surface area (Å²) in [4.78, 5) is 0. The number of halogens is 1. The summed E-state index contributed by atoms with van der Waals surface area (Å²) in [6.45, 7) is 6.46. The number of aromatic hydroxyl groups is 1. The minimum Gasteiger partial charge on any atom is -0.508 e. The second kappa shape index (κ2) is 4.85. The number of hydrogen-bond acceptors (Lipinski definition) is 1. The normalized spacial score (nSPS) is 10.2. The van der Waals surface area contributed by atoms with Gasteiger partial charge in [-0.25, -0.2) is 0 Å². The van der Waals surface area contributed by atoms with Crippen molar-refractivity contribution in [1.82, 2.24) is 0 Å². The number of benzene rings is 1. The summed E-state index contributed by atoms with van der Waals surface area (Å²) < 4.78 is 9.50. The fraction of sp³-hybridized carbons (Fsp3) is 0.455. The molecule has 0 radical (unpaired) electrons. The van der Waals surface area contributed by atoms with E-state index in [9.17, 15) is 4.39 Å². The fourth-order valence-electron chi connectivity index (χ4n) is 0.961. The van der Waals surface area contributed by atoms with E-state index in [1.807, 2.05) is 12.1 Å². The molecule has 2 heteroatoms. The van der Waals surface area contributed by atoms with Gasteiger partial charge in [-0.15, -0.1) is 0 Å². The number of rotatable bonds is 0. The average Bonchev–Trinajstić information content (AvgIpc) is 2.07. The van der Waals surface area contributed by atoms with Crippen molar-refractivity contribution in [2.45, 2.75) is 26.2 Å². The van der Waals surface area contributed by atoms with Gasteiger partial charge in [0.25, 0.3) is 0 Å². The minimum atomic E-state index is 0.174. The van der Waals surface area contributed by atoms with Crippen LogP contribution in [-0.2, 0) is 5.41 Å². The molecule has 0 bridgehead atoms. The summed E-state index contributed by atoms with van der Waals surface area (Å²) in [5.41, 5.74) is 1.42. The van der Waals surface area contributed by atoms with Crippen molar-refractivity contribution in [3.63, 3.8) is 0 Å². The lowest BCUT2D eigenvalue weighted by Gasteiger charge is -2.18. The summed E-state index contributed by atoms with van der Waals surface area (Å²) in [6, 6.07) is 7.35. The van der Waals surface area contributed by atoms with Gasteiger partial charge in [-0.05, 0) is 23.1 Å². The van der Waals surface area contributed by atoms with Gasteiger partial charge in [-0.2, -0.15) is 0 Å². The van der Waals surface area contributed by atoms with Gasteiger partial charge in [0.15, 0.2) is 0 Å². The molecule has 0 spiro atoms. The van der Waals surface area contributed by atoms with Crippen molar-refractivity contribution in [3.05, 3.63) is 29.8 Å². The van der Waals surface area contributed by atoms with Gasteiger partial charge in [0.2, 0.25) is 0 Å². The first-order valence-corrected chi connectivity index (χ1v) is 4.17. The Bertz CT molecular complexity index is 233. The molecular formula is C11H17FO. The highest BCUT2D eigenvalue weighted by molar-refractivity contribution is 5.29. The monoisotopic (exact) mass is 184 g/mol. The van der Waals surface area contributed by atoms with E-state index < -0.39 is 0 Å². The second-order valence-corrected chi connectivity index (χ2v) is 3.80. The molecule has 0 saturated heterocycles. The van der Waals surface area contributed by atoms with Crippen molar-refractivity contribution in [2.75, 3.05) is 7.18 Å². The van der Waals surface area contributed by atoms with Crippen molar-refractivity contribution in [3.8, 4) is 5.75 Å². The molecule has 1 rings (SSSR count). The van der Waals surface area contributed by atoms with E-state index in [4.69, 9.17) is 5.11 Å². The van der Waals surface area contributed by atoms with Crippen LogP contribution in [-0.4, -0.2) is 12.3 Å². The average molecular weight is 184 g/mol. The number of hydrogen-bond donors (Lipinski definition) is 1. The van der Waals surface area contributed by atoms with Crippen molar-refractivity contribution >= 4 is 0 Å². The molecule has 1 N–H and O–H groups in total. The van der Waals surface area contributed by atoms with Crippen LogP contribution < -0.4 is 0 Å². The zero-order valence-electron chi connectivity index (χ0n) is 8.63. The van der Waals surface area contributed by atoms with Gasteiger partial charge in [0.1, 0.15) is 5.75 Å². The third-order valence-electron chi connectivity index (χ3n) is 1.73. The van der Waals surface area contributed by atoms with Gasteiger partial charge >= 0.3 is 0 Å². The summed E-state index contributed by atoms with van der Waals surface area (Å²) in [7, 11) is 0.500. The zero-order chi connectivity index (χ0) is 10.5. The largest absolute Gasteiger partial charge is 0.508 e. The molecule has 1 aromatic carbocycles. The molecule has 0 aromatic heterocycles. The van der Waals surface area contributed by atoms with Crippen molar-refractivity contribution in [2.24, 2.45) is 0 Å². The van der Waals surface area contributed by atoms with E-state index in [1.54, 1.807) is 12.1 Å². The van der Waals surface area contributed by atoms with E-state index in [-0.39, 0.29) is 5.41 Å². The molecule has 0 unspecified atom stereocenters. The number of phenols is 1. The topological polar surface area (TPSA) is 20.2 Å². The first-order valence-electron chi connectivity index (χ1n) is 4.17. The number of phenolic OH excluding ortho intramolecular Hbond substituents is 1. The van der Waals surface area contributed by atoms with Crippen LogP contribution in [0.1, 0.15) is 26.3 Å². The smallest absolute Gasteiger partial charge is 0.115 e. The van der Waals surface area contributed by atoms with E-state index in [1.165, 1.54) is 5.56 Å². The summed E-state index contributed by atoms with van der Waals surface area (Å²) in [5.74, 6) is 0.331. The lowest BCUT2D eigenvalue weighted by molar-refractivity contribution is 0.474. The van der Waals surface area contributed by atoms with E-state index in [0.717, 1.165) is 0 Å². The molecular weight excluding hydrogens is 167 g/mol. The quantitative estimate of drug-likeness (QED) is 0.656. The van der Waals surface area contributed by atoms with Crippen LogP contribution >= 0.6 is 0 Å². The van der Waals surface area contributed by atoms with Gasteiger partial charge < -0.3 is 5.11 Å². The maximum atomic E-state index is 9.50. The van der Waals surface area contributed by atoms with Crippen molar-refractivity contribution in [1.29, 1.82) is 0 Å². The zero-order valence-corrected chi connectivity index (χ0v) is 8.63. The Morgan fingerprint density at radius 1 is 1.00 bits per heavy atom. The molecule has 0 aliphatic rings. The van der Waals surface area contributed by atoms with Gasteiger partial charge in [-0.1, -0.05) is 32.9 Å². The van der Waals surface area contributed by atoms with Gasteiger partial charge in [-0.3, -0.25) is 4.39 Å². The minimum absolute atomic E-state index is 0.174. The van der Waals surface area contributed by atoms with Gasteiger partial charge in [0, 0.05) is 0 Å². The standard InChI is InChI=1S/C10H14O.CH3F/c1-10(2,3)8-4-6-9(11)7-5-8;1-2/h4-7,11H,1-3H3;1H3. The summed E-state index contributed by atoms with van der Waals surface area (Å²) in [6.07, 6.45) is 0. The highest BCUT2D eigenvalue weighted by Gasteiger charge is 2.12. The summed E-state index contributed by atoms with van der Waals surface area (Å²) >= 11 is 0. The van der Waals surface area contributed by atoms with E-state index >= 15 is 0 Å². The first kappa shape index (κ1) is 11.9. The van der Waals surface area contributed by atoms with E-state index in [2.05, 4.69) is 20.8 Å². The Morgan fingerprint density at radius 2 is 1.38 bits per heavy atom. The molecule has 0 atom stereocenters. The third-order valence-corrected chi connectivity index (χ3v) is 1.73. The molecule has 74 valence electrons. The predicted octanol–water partition coefficient (Wildman–Crippen LogP) is 3.28. The first-order chi connectivity index (χ1) is 6.00. The molecule has 0 fully saturated rings. The maximum absolute atomic E-state index is 9.50. The third kappa shape index (κ3) is 3.92. The molecule has 13 heavy (non-hydrogen) atoms. The van der Waals surface area contributed by atoms with Crippen LogP contribution in [0, 0.1) is 0 Å². The molecule has 1 nitrogen and oxygen atoms in total. The van der Waals surface area contributed by atoms with Crippen LogP contribution in [0.4, 0.5) is 4.39 Å². The highest BCUT2D eigenvalue weighted by atomic mass is 19.1. The molecule has 0 aliphatic heterocycles. The highest BCUT2D eigenvalue weighted by Crippen LogP contribution is 2.23. The predicted molar refractivity (Wildman–Crippen MR) is 53.8 cm³/mol. The summed E-state index contributed by atoms with van der Waals surface area (Å²) in [5, 5.41) is 9.02. The lowest BCUT2D eigenvalue weighted by Crippen LogP contribution is -2.10. The van der Waals surface area contributed by atoms with Gasteiger partial charge in [0.05, 0.1) is 7.18 Å². The molecule has 1 aromatic rings. The van der Waals surface area contributed by atoms with Crippen LogP contribution in [0.3, 0.4) is 0 Å². The molecule has 0 saturated carbocycles. The van der Waals surface area contributed by atoms with Crippen molar-refractivity contribution < 1.29 is 9.50 Å². The SMILES string of the molecule is CC(C)(C)c1ccc(O)cc1.CF. The van der Waals surface area contributed by atoms with Crippen LogP contribution in [0.25, 0.3) is 0 Å². The Balaban J connectivity index is 0.000000671. The van der Waals surface area contributed by atoms with Crippen LogP contribution in [0.2, 0.25) is 0 Å². The lowest BCUT2D eigenvalue weighted by atomic mass is 9.87. The Hall–Kier alpha value is -1.05. The maximum Gasteiger partial charge on any atom is 0.115 e.